The van der Waals surface area contributed by atoms with Crippen LogP contribution in [-0.2, 0) is 23.1 Å². The van der Waals surface area contributed by atoms with Crippen molar-refractivity contribution < 1.29 is 14.6 Å². The number of ether oxygens (including phenoxy) is 2. The van der Waals surface area contributed by atoms with Gasteiger partial charge in [-0.2, -0.15) is 0 Å². The first-order valence-electron chi connectivity index (χ1n) is 7.35. The minimum absolute atomic E-state index is 0.333. The van der Waals surface area contributed by atoms with Gasteiger partial charge in [-0.15, -0.1) is 6.58 Å². The van der Waals surface area contributed by atoms with E-state index < -0.39 is 6.10 Å². The second-order valence-electron chi connectivity index (χ2n) is 5.17. The van der Waals surface area contributed by atoms with Gasteiger partial charge >= 0.3 is 0 Å². The molecule has 1 aromatic heterocycles. The molecule has 0 spiro atoms. The van der Waals surface area contributed by atoms with Gasteiger partial charge in [-0.3, -0.25) is 4.90 Å². The van der Waals surface area contributed by atoms with Gasteiger partial charge in [0.15, 0.2) is 0 Å². The molecule has 21 heavy (non-hydrogen) atoms. The van der Waals surface area contributed by atoms with Crippen molar-refractivity contribution in [1.29, 1.82) is 0 Å². The molecule has 120 valence electrons. The number of hydrogen-bond donors (Lipinski definition) is 1. The van der Waals surface area contributed by atoms with E-state index in [0.717, 1.165) is 26.1 Å². The van der Waals surface area contributed by atoms with Crippen molar-refractivity contribution in [2.45, 2.75) is 19.1 Å². The summed E-state index contributed by atoms with van der Waals surface area (Å²) < 4.78 is 12.5. The normalized spacial score (nSPS) is 12.8. The summed E-state index contributed by atoms with van der Waals surface area (Å²) in [6.45, 7) is 7.41. The number of nitrogens with zero attached hydrogens (tertiary/aromatic N) is 2. The predicted octanol–water partition coefficient (Wildman–Crippen LogP) is 1.43. The van der Waals surface area contributed by atoms with E-state index >= 15 is 0 Å². The molecule has 5 nitrogen and oxygen atoms in total. The van der Waals surface area contributed by atoms with Crippen molar-refractivity contribution in [3.05, 3.63) is 36.7 Å². The lowest BCUT2D eigenvalue weighted by molar-refractivity contribution is 0.0226. The summed E-state index contributed by atoms with van der Waals surface area (Å²) >= 11 is 0. The van der Waals surface area contributed by atoms with Crippen LogP contribution in [-0.4, -0.2) is 60.7 Å². The molecule has 0 radical (unpaired) electrons. The summed E-state index contributed by atoms with van der Waals surface area (Å²) in [4.78, 5) is 2.23. The van der Waals surface area contributed by atoms with Crippen LogP contribution in [0.2, 0.25) is 0 Å². The summed E-state index contributed by atoms with van der Waals surface area (Å²) in [6.07, 6.45) is 4.17. The monoisotopic (exact) mass is 296 g/mol. The summed E-state index contributed by atoms with van der Waals surface area (Å²) in [6, 6.07) is 4.14. The van der Waals surface area contributed by atoms with Gasteiger partial charge in [-0.05, 0) is 18.6 Å². The highest BCUT2D eigenvalue weighted by Crippen LogP contribution is 2.07. The van der Waals surface area contributed by atoms with Crippen LogP contribution in [0, 0.1) is 0 Å². The quantitative estimate of drug-likeness (QED) is 0.468. The Hall–Kier alpha value is -1.14. The molecule has 1 N–H and O–H groups in total. The Labute approximate surface area is 127 Å². The average molecular weight is 296 g/mol. The molecule has 0 aliphatic rings. The van der Waals surface area contributed by atoms with Gasteiger partial charge in [-0.25, -0.2) is 0 Å². The molecule has 1 heterocycles. The van der Waals surface area contributed by atoms with E-state index in [9.17, 15) is 5.11 Å². The molecule has 0 unspecified atom stereocenters. The standard InChI is InChI=1S/C16H28N2O3/c1-4-10-21-14-16(19)13-18(9-6-11-20-3)12-15-7-5-8-17(15)2/h4-5,7-8,16,19H,1,6,9-14H2,2-3H3/t16-/m1/s1. The maximum absolute atomic E-state index is 10.1. The lowest BCUT2D eigenvalue weighted by atomic mass is 10.2. The molecule has 0 aromatic carbocycles. The fraction of sp³-hybridized carbons (Fsp3) is 0.625. The fourth-order valence-corrected chi connectivity index (χ4v) is 2.20. The molecule has 0 aliphatic carbocycles. The molecule has 5 heteroatoms. The largest absolute Gasteiger partial charge is 0.389 e. The Morgan fingerprint density at radius 1 is 1.52 bits per heavy atom. The molecule has 1 aromatic rings. The van der Waals surface area contributed by atoms with Gasteiger partial charge in [0.1, 0.15) is 0 Å². The number of aliphatic hydroxyl groups is 1. The van der Waals surface area contributed by atoms with Crippen LogP contribution >= 0.6 is 0 Å². The Morgan fingerprint density at radius 3 is 2.95 bits per heavy atom. The first-order valence-corrected chi connectivity index (χ1v) is 7.35. The van der Waals surface area contributed by atoms with Crippen molar-refractivity contribution in [2.24, 2.45) is 7.05 Å². The van der Waals surface area contributed by atoms with Gasteiger partial charge in [0.25, 0.3) is 0 Å². The molecular formula is C16H28N2O3. The molecule has 0 aliphatic heterocycles. The highest BCUT2D eigenvalue weighted by molar-refractivity contribution is 5.06. The van der Waals surface area contributed by atoms with Gasteiger partial charge in [-0.1, -0.05) is 6.08 Å². The number of aryl methyl sites for hydroxylation is 1. The van der Waals surface area contributed by atoms with Crippen molar-refractivity contribution in [1.82, 2.24) is 9.47 Å². The second-order valence-corrected chi connectivity index (χ2v) is 5.17. The van der Waals surface area contributed by atoms with E-state index in [1.54, 1.807) is 13.2 Å². The number of aromatic nitrogens is 1. The maximum Gasteiger partial charge on any atom is 0.0900 e. The van der Waals surface area contributed by atoms with Crippen LogP contribution in [0.3, 0.4) is 0 Å². The number of rotatable bonds is 12. The van der Waals surface area contributed by atoms with E-state index in [0.29, 0.717) is 19.8 Å². The fourth-order valence-electron chi connectivity index (χ4n) is 2.20. The third kappa shape index (κ3) is 7.43. The zero-order valence-electron chi connectivity index (χ0n) is 13.2. The molecule has 0 amide bonds. The topological polar surface area (TPSA) is 46.9 Å². The summed E-state index contributed by atoms with van der Waals surface area (Å²) in [5.74, 6) is 0. The molecular weight excluding hydrogens is 268 g/mol. The second kappa shape index (κ2) is 10.6. The molecule has 0 saturated heterocycles. The van der Waals surface area contributed by atoms with Gasteiger partial charge in [0.05, 0.1) is 19.3 Å². The van der Waals surface area contributed by atoms with Crippen molar-refractivity contribution in [3.8, 4) is 0 Å². The smallest absolute Gasteiger partial charge is 0.0900 e. The lowest BCUT2D eigenvalue weighted by Gasteiger charge is -2.25. The minimum atomic E-state index is -0.493. The van der Waals surface area contributed by atoms with E-state index in [-0.39, 0.29) is 0 Å². The zero-order chi connectivity index (χ0) is 15.5. The van der Waals surface area contributed by atoms with Gasteiger partial charge in [0, 0.05) is 52.3 Å². The van der Waals surface area contributed by atoms with Crippen LogP contribution in [0.15, 0.2) is 31.0 Å². The van der Waals surface area contributed by atoms with E-state index in [1.807, 2.05) is 19.3 Å². The van der Waals surface area contributed by atoms with E-state index in [4.69, 9.17) is 9.47 Å². The lowest BCUT2D eigenvalue weighted by Crippen LogP contribution is -2.36. The average Bonchev–Trinajstić information content (AvgIpc) is 2.85. The van der Waals surface area contributed by atoms with Crippen LogP contribution < -0.4 is 0 Å². The molecule has 0 bridgehead atoms. The zero-order valence-corrected chi connectivity index (χ0v) is 13.2. The number of methoxy groups -OCH3 is 1. The van der Waals surface area contributed by atoms with Crippen LogP contribution in [0.1, 0.15) is 12.1 Å². The Balaban J connectivity index is 2.47. The molecule has 0 fully saturated rings. The third-order valence-corrected chi connectivity index (χ3v) is 3.27. The predicted molar refractivity (Wildman–Crippen MR) is 84.2 cm³/mol. The van der Waals surface area contributed by atoms with Gasteiger partial charge in [0.2, 0.25) is 0 Å². The van der Waals surface area contributed by atoms with E-state index in [1.165, 1.54) is 5.69 Å². The highest BCUT2D eigenvalue weighted by atomic mass is 16.5. The highest BCUT2D eigenvalue weighted by Gasteiger charge is 2.13. The number of aliphatic hydroxyl groups excluding tert-OH is 1. The first-order chi connectivity index (χ1) is 10.2. The third-order valence-electron chi connectivity index (χ3n) is 3.27. The molecule has 1 atom stereocenters. The maximum atomic E-state index is 10.1. The van der Waals surface area contributed by atoms with Crippen LogP contribution in [0.5, 0.6) is 0 Å². The molecule has 1 rings (SSSR count). The van der Waals surface area contributed by atoms with Crippen molar-refractivity contribution in [3.63, 3.8) is 0 Å². The van der Waals surface area contributed by atoms with Crippen LogP contribution in [0.25, 0.3) is 0 Å². The summed E-state index contributed by atoms with van der Waals surface area (Å²) in [5.41, 5.74) is 1.23. The number of hydrogen-bond acceptors (Lipinski definition) is 4. The minimum Gasteiger partial charge on any atom is -0.389 e. The van der Waals surface area contributed by atoms with Crippen molar-refractivity contribution >= 4 is 0 Å². The first kappa shape index (κ1) is 17.9. The Bertz CT molecular complexity index is 393. The van der Waals surface area contributed by atoms with E-state index in [2.05, 4.69) is 22.1 Å². The summed E-state index contributed by atoms with van der Waals surface area (Å²) in [7, 11) is 3.74. The van der Waals surface area contributed by atoms with Crippen molar-refractivity contribution in [2.75, 3.05) is 40.0 Å². The Morgan fingerprint density at radius 2 is 2.33 bits per heavy atom. The molecule has 0 saturated carbocycles. The Kier molecular flexibility index (Phi) is 9.01. The summed E-state index contributed by atoms with van der Waals surface area (Å²) in [5, 5.41) is 10.1. The van der Waals surface area contributed by atoms with Crippen LogP contribution in [0.4, 0.5) is 0 Å². The van der Waals surface area contributed by atoms with Gasteiger partial charge < -0.3 is 19.1 Å². The SMILES string of the molecule is C=CCOC[C@H](O)CN(CCCOC)Cc1cccn1C.